The number of nitrogens with zero attached hydrogens (tertiary/aromatic N) is 7. The predicted octanol–water partition coefficient (Wildman–Crippen LogP) is 4.41. The first-order valence-corrected chi connectivity index (χ1v) is 11.9. The van der Waals surface area contributed by atoms with Gasteiger partial charge < -0.3 is 9.80 Å². The zero-order valence-electron chi connectivity index (χ0n) is 20.2. The molecule has 2 fully saturated rings. The number of allylic oxidation sites excluding steroid dienone is 2. The third kappa shape index (κ3) is 6.66. The maximum Gasteiger partial charge on any atom is 0.411 e. The summed E-state index contributed by atoms with van der Waals surface area (Å²) in [5.41, 5.74) is 1.15. The van der Waals surface area contributed by atoms with E-state index >= 15 is 0 Å². The van der Waals surface area contributed by atoms with Crippen molar-refractivity contribution in [1.82, 2.24) is 19.9 Å². The van der Waals surface area contributed by atoms with E-state index in [4.69, 9.17) is 4.98 Å². The fourth-order valence-electron chi connectivity index (χ4n) is 4.26. The van der Waals surface area contributed by atoms with Gasteiger partial charge in [0.25, 0.3) is 0 Å². The molecule has 0 radical (unpaired) electrons. The van der Waals surface area contributed by atoms with Crippen LogP contribution in [0.3, 0.4) is 0 Å². The van der Waals surface area contributed by atoms with Crippen molar-refractivity contribution in [2.45, 2.75) is 25.9 Å². The SMILES string of the molecule is C=CC=N/C(=C/C(F)(F)F)CN1CCN(c2nc(-c3ccc(F)c(C)c3)nc(N3CCCC3)n2)CC1. The molecule has 36 heavy (non-hydrogen) atoms. The van der Waals surface area contributed by atoms with E-state index in [2.05, 4.69) is 26.4 Å². The number of aryl methyl sites for hydroxylation is 1. The van der Waals surface area contributed by atoms with Gasteiger partial charge in [0.05, 0.1) is 5.70 Å². The molecule has 0 unspecified atom stereocenters. The summed E-state index contributed by atoms with van der Waals surface area (Å²) in [6.07, 6.45) is 0.518. The van der Waals surface area contributed by atoms with Crippen molar-refractivity contribution in [2.24, 2.45) is 4.99 Å². The van der Waals surface area contributed by atoms with Crippen LogP contribution in [0.1, 0.15) is 18.4 Å². The minimum Gasteiger partial charge on any atom is -0.341 e. The molecular weight excluding hydrogens is 474 g/mol. The standard InChI is InChI=1S/C25H29F4N7/c1-3-8-30-20(16-25(27,28)29)17-34-11-13-36(14-12-34)24-32-22(19-6-7-21(26)18(2)15-19)31-23(33-24)35-9-4-5-10-35/h3,6-8,15-16H,1,4-5,9-14,17H2,2H3/b20-16+,30-8?. The number of halogens is 4. The monoisotopic (exact) mass is 503 g/mol. The Hall–Kier alpha value is -3.34. The maximum absolute atomic E-state index is 13.8. The van der Waals surface area contributed by atoms with Crippen molar-refractivity contribution in [1.29, 1.82) is 0 Å². The summed E-state index contributed by atoms with van der Waals surface area (Å²) in [4.78, 5) is 24.0. The molecule has 7 nitrogen and oxygen atoms in total. The lowest BCUT2D eigenvalue weighted by molar-refractivity contribution is -0.0807. The number of hydrogen-bond acceptors (Lipinski definition) is 7. The van der Waals surface area contributed by atoms with Crippen molar-refractivity contribution < 1.29 is 17.6 Å². The lowest BCUT2D eigenvalue weighted by Crippen LogP contribution is -2.47. The first-order valence-electron chi connectivity index (χ1n) is 11.9. The second-order valence-corrected chi connectivity index (χ2v) is 8.87. The van der Waals surface area contributed by atoms with E-state index in [9.17, 15) is 17.6 Å². The summed E-state index contributed by atoms with van der Waals surface area (Å²) in [5.74, 6) is 1.28. The molecule has 0 spiro atoms. The van der Waals surface area contributed by atoms with Gasteiger partial charge in [-0.05, 0) is 43.5 Å². The Bertz CT molecular complexity index is 1130. The van der Waals surface area contributed by atoms with Crippen molar-refractivity contribution in [3.63, 3.8) is 0 Å². The summed E-state index contributed by atoms with van der Waals surface area (Å²) >= 11 is 0. The van der Waals surface area contributed by atoms with E-state index < -0.39 is 6.18 Å². The van der Waals surface area contributed by atoms with Gasteiger partial charge in [-0.25, -0.2) is 4.39 Å². The molecule has 0 atom stereocenters. The first-order chi connectivity index (χ1) is 17.2. The minimum atomic E-state index is -4.44. The number of rotatable bonds is 7. The molecule has 4 rings (SSSR count). The predicted molar refractivity (Wildman–Crippen MR) is 133 cm³/mol. The van der Waals surface area contributed by atoms with E-state index in [1.807, 2.05) is 9.80 Å². The van der Waals surface area contributed by atoms with Gasteiger partial charge in [-0.1, -0.05) is 12.7 Å². The fourth-order valence-corrected chi connectivity index (χ4v) is 4.26. The molecule has 1 aromatic heterocycles. The third-order valence-corrected chi connectivity index (χ3v) is 6.13. The zero-order chi connectivity index (χ0) is 25.7. The van der Waals surface area contributed by atoms with Crippen molar-refractivity contribution >= 4 is 18.1 Å². The number of anilines is 2. The van der Waals surface area contributed by atoms with E-state index in [1.54, 1.807) is 19.1 Å². The maximum atomic E-state index is 13.8. The highest BCUT2D eigenvalue weighted by Gasteiger charge is 2.27. The topological polar surface area (TPSA) is 60.8 Å². The van der Waals surface area contributed by atoms with Gasteiger partial charge in [0.2, 0.25) is 11.9 Å². The molecule has 2 saturated heterocycles. The second kappa shape index (κ2) is 11.2. The quantitative estimate of drug-likeness (QED) is 0.412. The Labute approximate surface area is 207 Å². The molecule has 192 valence electrons. The van der Waals surface area contributed by atoms with E-state index in [0.717, 1.165) is 25.9 Å². The lowest BCUT2D eigenvalue weighted by atomic mass is 10.1. The van der Waals surface area contributed by atoms with Crippen LogP contribution in [0.4, 0.5) is 29.5 Å². The smallest absolute Gasteiger partial charge is 0.341 e. The molecule has 0 amide bonds. The third-order valence-electron chi connectivity index (χ3n) is 6.13. The van der Waals surface area contributed by atoms with Crippen molar-refractivity contribution in [2.75, 3.05) is 55.6 Å². The molecule has 11 heteroatoms. The number of aromatic nitrogens is 3. The number of aliphatic imine (C=N–C) groups is 1. The minimum absolute atomic E-state index is 0.0682. The van der Waals surface area contributed by atoms with Gasteiger partial charge in [-0.15, -0.1) is 0 Å². The Morgan fingerprint density at radius 1 is 1.00 bits per heavy atom. The summed E-state index contributed by atoms with van der Waals surface area (Å²) in [7, 11) is 0. The Morgan fingerprint density at radius 3 is 2.22 bits per heavy atom. The van der Waals surface area contributed by atoms with Crippen LogP contribution in [0.15, 0.2) is 47.6 Å². The normalized spacial score (nSPS) is 17.9. The van der Waals surface area contributed by atoms with Gasteiger partial charge in [-0.3, -0.25) is 9.89 Å². The number of piperazine rings is 1. The fraction of sp³-hybridized carbons (Fsp3) is 0.440. The van der Waals surface area contributed by atoms with Crippen LogP contribution in [-0.2, 0) is 0 Å². The molecule has 0 N–H and O–H groups in total. The second-order valence-electron chi connectivity index (χ2n) is 8.87. The first kappa shape index (κ1) is 25.7. The summed E-state index contributed by atoms with van der Waals surface area (Å²) in [6.45, 7) is 9.09. The molecule has 0 saturated carbocycles. The number of alkyl halides is 3. The Kier molecular flexibility index (Phi) is 7.97. The Balaban J connectivity index is 1.53. The molecule has 2 aliphatic rings. The number of benzene rings is 1. The highest BCUT2D eigenvalue weighted by molar-refractivity contribution is 5.71. The van der Waals surface area contributed by atoms with Crippen LogP contribution in [-0.4, -0.2) is 78.1 Å². The van der Waals surface area contributed by atoms with Crippen LogP contribution in [0, 0.1) is 12.7 Å². The zero-order valence-corrected chi connectivity index (χ0v) is 20.2. The number of hydrogen-bond donors (Lipinski definition) is 0. The van der Waals surface area contributed by atoms with Gasteiger partial charge in [0.15, 0.2) is 5.82 Å². The summed E-state index contributed by atoms with van der Waals surface area (Å²) in [5, 5.41) is 0. The molecule has 3 heterocycles. The molecule has 1 aromatic carbocycles. The van der Waals surface area contributed by atoms with E-state index in [-0.39, 0.29) is 24.1 Å². The van der Waals surface area contributed by atoms with Gasteiger partial charge in [0.1, 0.15) is 5.82 Å². The molecule has 2 aromatic rings. The van der Waals surface area contributed by atoms with Gasteiger partial charge in [0, 0.05) is 63.7 Å². The largest absolute Gasteiger partial charge is 0.411 e. The van der Waals surface area contributed by atoms with Gasteiger partial charge >= 0.3 is 6.18 Å². The van der Waals surface area contributed by atoms with Crippen LogP contribution < -0.4 is 9.80 Å². The highest BCUT2D eigenvalue weighted by Crippen LogP contribution is 2.26. The molecule has 2 aliphatic heterocycles. The Morgan fingerprint density at radius 2 is 1.64 bits per heavy atom. The van der Waals surface area contributed by atoms with Crippen LogP contribution in [0.5, 0.6) is 0 Å². The summed E-state index contributed by atoms with van der Waals surface area (Å²) < 4.78 is 52.6. The lowest BCUT2D eigenvalue weighted by Gasteiger charge is -2.35. The summed E-state index contributed by atoms with van der Waals surface area (Å²) in [6, 6.07) is 4.78. The van der Waals surface area contributed by atoms with Gasteiger partial charge in [-0.2, -0.15) is 28.1 Å². The highest BCUT2D eigenvalue weighted by atomic mass is 19.4. The van der Waals surface area contributed by atoms with Crippen molar-refractivity contribution in [3.8, 4) is 11.4 Å². The van der Waals surface area contributed by atoms with Crippen LogP contribution in [0.2, 0.25) is 0 Å². The van der Waals surface area contributed by atoms with Crippen LogP contribution in [0.25, 0.3) is 11.4 Å². The molecular formula is C25H29F4N7. The van der Waals surface area contributed by atoms with E-state index in [0.29, 0.717) is 55.0 Å². The van der Waals surface area contributed by atoms with Crippen LogP contribution >= 0.6 is 0 Å². The average molecular weight is 504 g/mol. The molecule has 0 bridgehead atoms. The molecule has 0 aliphatic carbocycles. The van der Waals surface area contributed by atoms with Crippen molar-refractivity contribution in [3.05, 3.63) is 54.0 Å². The average Bonchev–Trinajstić information content (AvgIpc) is 3.39. The van der Waals surface area contributed by atoms with E-state index in [1.165, 1.54) is 18.4 Å².